The van der Waals surface area contributed by atoms with Crippen molar-refractivity contribution in [2.24, 2.45) is 11.8 Å². The van der Waals surface area contributed by atoms with E-state index in [1.807, 2.05) is 32.8 Å². The van der Waals surface area contributed by atoms with Gasteiger partial charge in [-0.15, -0.1) is 0 Å². The van der Waals surface area contributed by atoms with E-state index in [4.69, 9.17) is 5.84 Å². The Kier molecular flexibility index (Phi) is 5.84. The Morgan fingerprint density at radius 2 is 2.15 bits per heavy atom. The second-order valence-electron chi connectivity index (χ2n) is 5.25. The van der Waals surface area contributed by atoms with Crippen LogP contribution in [0.1, 0.15) is 24.2 Å². The molecule has 0 aromatic carbocycles. The first-order valence-corrected chi connectivity index (χ1v) is 6.43. The van der Waals surface area contributed by atoms with Crippen molar-refractivity contribution in [3.05, 3.63) is 23.6 Å². The van der Waals surface area contributed by atoms with Crippen LogP contribution in [0, 0.1) is 11.7 Å². The highest BCUT2D eigenvalue weighted by Gasteiger charge is 2.21. The van der Waals surface area contributed by atoms with Gasteiger partial charge in [-0.1, -0.05) is 13.8 Å². The maximum Gasteiger partial charge on any atom is 0.254 e. The molecule has 0 saturated carbocycles. The molecule has 0 bridgehead atoms. The summed E-state index contributed by atoms with van der Waals surface area (Å²) >= 11 is 0. The minimum atomic E-state index is -0.750. The summed E-state index contributed by atoms with van der Waals surface area (Å²) in [4.78, 5) is 17.8. The average Bonchev–Trinajstić information content (AvgIpc) is 2.37. The van der Waals surface area contributed by atoms with Crippen LogP contribution < -0.4 is 16.6 Å². The number of hydrazine groups is 1. The van der Waals surface area contributed by atoms with Crippen molar-refractivity contribution in [1.29, 1.82) is 0 Å². The van der Waals surface area contributed by atoms with Gasteiger partial charge in [0, 0.05) is 18.8 Å². The Bertz CT molecular complexity index is 464. The van der Waals surface area contributed by atoms with E-state index in [-0.39, 0.29) is 23.3 Å². The number of hydrogen-bond acceptors (Lipinski definition) is 5. The molecule has 20 heavy (non-hydrogen) atoms. The lowest BCUT2D eigenvalue weighted by Gasteiger charge is -2.25. The van der Waals surface area contributed by atoms with Gasteiger partial charge >= 0.3 is 0 Å². The number of carbonyl (C=O) groups excluding carboxylic acids is 1. The van der Waals surface area contributed by atoms with E-state index in [2.05, 4.69) is 15.7 Å². The highest BCUT2D eigenvalue weighted by molar-refractivity contribution is 5.95. The Hall–Kier alpha value is -1.73. The summed E-state index contributed by atoms with van der Waals surface area (Å²) in [6.07, 6.45) is 1.34. The molecule has 7 heteroatoms. The lowest BCUT2D eigenvalue weighted by atomic mass is 10.0. The fourth-order valence-corrected chi connectivity index (χ4v) is 1.78. The van der Waals surface area contributed by atoms with E-state index in [0.29, 0.717) is 6.54 Å². The lowest BCUT2D eigenvalue weighted by molar-refractivity contribution is 0.0912. The lowest BCUT2D eigenvalue weighted by Crippen LogP contribution is -2.45. The van der Waals surface area contributed by atoms with E-state index >= 15 is 0 Å². The first-order valence-electron chi connectivity index (χ1n) is 6.43. The average molecular weight is 283 g/mol. The van der Waals surface area contributed by atoms with Crippen molar-refractivity contribution in [2.45, 2.75) is 19.9 Å². The minimum Gasteiger partial charge on any atom is -0.348 e. The summed E-state index contributed by atoms with van der Waals surface area (Å²) < 4.78 is 14.0. The molecule has 1 heterocycles. The van der Waals surface area contributed by atoms with Crippen molar-refractivity contribution in [3.8, 4) is 0 Å². The Morgan fingerprint density at radius 3 is 2.65 bits per heavy atom. The number of likely N-dealkylation sites (N-methyl/N-ethyl adjacent to an activating group) is 1. The van der Waals surface area contributed by atoms with Gasteiger partial charge in [0.15, 0.2) is 11.6 Å². The summed E-state index contributed by atoms with van der Waals surface area (Å²) in [5.41, 5.74) is 2.05. The second kappa shape index (κ2) is 7.16. The summed E-state index contributed by atoms with van der Waals surface area (Å²) in [6.45, 7) is 4.69. The second-order valence-corrected chi connectivity index (χ2v) is 5.25. The van der Waals surface area contributed by atoms with E-state index in [0.717, 1.165) is 0 Å². The molecule has 1 atom stereocenters. The van der Waals surface area contributed by atoms with Crippen molar-refractivity contribution < 1.29 is 9.18 Å². The molecule has 0 spiro atoms. The molecule has 4 N–H and O–H groups in total. The van der Waals surface area contributed by atoms with Gasteiger partial charge in [-0.25, -0.2) is 15.2 Å². The topological polar surface area (TPSA) is 83.3 Å². The fraction of sp³-hybridized carbons (Fsp3) is 0.538. The van der Waals surface area contributed by atoms with Crippen molar-refractivity contribution in [1.82, 2.24) is 15.2 Å². The molecule has 0 fully saturated rings. The van der Waals surface area contributed by atoms with E-state index < -0.39 is 11.7 Å². The molecule has 1 rings (SSSR count). The molecule has 0 saturated heterocycles. The highest BCUT2D eigenvalue weighted by atomic mass is 19.1. The van der Waals surface area contributed by atoms with Gasteiger partial charge in [-0.2, -0.15) is 0 Å². The van der Waals surface area contributed by atoms with Crippen LogP contribution >= 0.6 is 0 Å². The predicted molar refractivity (Wildman–Crippen MR) is 76.7 cm³/mol. The number of nitrogens with two attached hydrogens (primary N) is 1. The molecule has 1 aromatic heterocycles. The van der Waals surface area contributed by atoms with Crippen LogP contribution in [0.3, 0.4) is 0 Å². The van der Waals surface area contributed by atoms with Crippen molar-refractivity contribution >= 4 is 11.7 Å². The van der Waals surface area contributed by atoms with Gasteiger partial charge in [-0.3, -0.25) is 4.79 Å². The molecule has 6 nitrogen and oxygen atoms in total. The molecule has 1 amide bonds. The zero-order valence-corrected chi connectivity index (χ0v) is 12.3. The summed E-state index contributed by atoms with van der Waals surface area (Å²) in [7, 11) is 3.84. The molecule has 0 aliphatic carbocycles. The number of carbonyl (C=O) groups is 1. The third kappa shape index (κ3) is 4.14. The molecule has 0 aliphatic heterocycles. The molecule has 0 aliphatic rings. The number of nitrogen functional groups attached to an aromatic ring is 1. The Morgan fingerprint density at radius 1 is 1.50 bits per heavy atom. The number of amides is 1. The number of halogens is 1. The summed E-state index contributed by atoms with van der Waals surface area (Å²) in [5, 5.41) is 2.84. The van der Waals surface area contributed by atoms with Crippen LogP contribution in [0.15, 0.2) is 12.3 Å². The predicted octanol–water partition coefficient (Wildman–Crippen LogP) is 0.822. The maximum atomic E-state index is 14.0. The number of hydrogen-bond donors (Lipinski definition) is 3. The van der Waals surface area contributed by atoms with Gasteiger partial charge in [-0.05, 0) is 26.1 Å². The fourth-order valence-electron chi connectivity index (χ4n) is 1.78. The molecule has 0 radical (unpaired) electrons. The molecule has 1 unspecified atom stereocenters. The van der Waals surface area contributed by atoms with Gasteiger partial charge in [0.05, 0.1) is 5.56 Å². The molecular weight excluding hydrogens is 261 g/mol. The van der Waals surface area contributed by atoms with Crippen LogP contribution in [0.4, 0.5) is 10.2 Å². The van der Waals surface area contributed by atoms with E-state index in [1.54, 1.807) is 0 Å². The quantitative estimate of drug-likeness (QED) is 0.532. The SMILES string of the molecule is CC(C)C(CN(C)C)NC(=O)c1ccnc(NN)c1F. The smallest absolute Gasteiger partial charge is 0.254 e. The minimum absolute atomic E-state index is 0.0700. The number of nitrogens with one attached hydrogen (secondary N) is 2. The molecule has 112 valence electrons. The third-order valence-electron chi connectivity index (χ3n) is 2.95. The number of nitrogens with zero attached hydrogens (tertiary/aromatic N) is 2. The van der Waals surface area contributed by atoms with Crippen LogP contribution in [0.2, 0.25) is 0 Å². The maximum absolute atomic E-state index is 14.0. The van der Waals surface area contributed by atoms with Crippen LogP contribution in [0.25, 0.3) is 0 Å². The van der Waals surface area contributed by atoms with Gasteiger partial charge < -0.3 is 15.6 Å². The monoisotopic (exact) mass is 283 g/mol. The van der Waals surface area contributed by atoms with E-state index in [9.17, 15) is 9.18 Å². The summed E-state index contributed by atoms with van der Waals surface area (Å²) in [5.74, 6) is 4.01. The van der Waals surface area contributed by atoms with Gasteiger partial charge in [0.1, 0.15) is 0 Å². The highest BCUT2D eigenvalue weighted by Crippen LogP contribution is 2.14. The van der Waals surface area contributed by atoms with E-state index in [1.165, 1.54) is 12.3 Å². The van der Waals surface area contributed by atoms with Crippen LogP contribution in [-0.2, 0) is 0 Å². The number of anilines is 1. The molecular formula is C13H22FN5O. The largest absolute Gasteiger partial charge is 0.348 e. The van der Waals surface area contributed by atoms with Crippen LogP contribution in [-0.4, -0.2) is 42.5 Å². The first-order chi connectivity index (χ1) is 9.36. The normalized spacial score (nSPS) is 12.6. The number of aromatic nitrogens is 1. The Labute approximate surface area is 118 Å². The van der Waals surface area contributed by atoms with Crippen molar-refractivity contribution in [3.63, 3.8) is 0 Å². The Balaban J connectivity index is 2.89. The number of pyridine rings is 1. The third-order valence-corrected chi connectivity index (χ3v) is 2.95. The standard InChI is InChI=1S/C13H22FN5O/c1-8(2)10(7-19(3)4)17-13(20)9-5-6-16-12(18-15)11(9)14/h5-6,8,10H,7,15H2,1-4H3,(H,16,18)(H,17,20). The molecule has 1 aromatic rings. The van der Waals surface area contributed by atoms with Crippen molar-refractivity contribution in [2.75, 3.05) is 26.1 Å². The van der Waals surface area contributed by atoms with Gasteiger partial charge in [0.25, 0.3) is 5.91 Å². The summed E-state index contributed by atoms with van der Waals surface area (Å²) in [6, 6.07) is 1.26. The first kappa shape index (κ1) is 16.3. The zero-order chi connectivity index (χ0) is 15.3. The van der Waals surface area contributed by atoms with Crippen LogP contribution in [0.5, 0.6) is 0 Å². The number of rotatable bonds is 6. The van der Waals surface area contributed by atoms with Gasteiger partial charge in [0.2, 0.25) is 0 Å². The zero-order valence-electron chi connectivity index (χ0n) is 12.3.